The average Bonchev–Trinajstić information content (AvgIpc) is 3.97. The lowest BCUT2D eigenvalue weighted by molar-refractivity contribution is -0.144. The van der Waals surface area contributed by atoms with Gasteiger partial charge in [-0.1, -0.05) is 76.6 Å². The van der Waals surface area contributed by atoms with Gasteiger partial charge in [-0.2, -0.15) is 0 Å². The molecule has 0 saturated carbocycles. The number of carbonyl (C=O) groups excluding carboxylic acids is 9. The number of aromatic nitrogens is 2. The first-order valence-corrected chi connectivity index (χ1v) is 27.4. The second-order valence-electron chi connectivity index (χ2n) is 20.7. The van der Waals surface area contributed by atoms with E-state index in [1.54, 1.807) is 45.9 Å². The Labute approximate surface area is 481 Å². The molecule has 0 fully saturated rings. The topological polar surface area (TPSA) is 485 Å². The highest BCUT2D eigenvalue weighted by atomic mass is 16.4. The predicted molar refractivity (Wildman–Crippen MR) is 306 cm³/mol. The lowest BCUT2D eigenvalue weighted by atomic mass is 9.96. The van der Waals surface area contributed by atoms with E-state index in [0.29, 0.717) is 24.1 Å². The molecule has 0 bridgehead atoms. The molecule has 0 aliphatic rings. The Morgan fingerprint density at radius 2 is 1.19 bits per heavy atom. The number of nitrogens with zero attached hydrogens (tertiary/aromatic N) is 2. The molecule has 458 valence electrons. The number of hydrogen-bond acceptors (Lipinski definition) is 16. The van der Waals surface area contributed by atoms with Gasteiger partial charge in [0.2, 0.25) is 53.2 Å². The first kappa shape index (κ1) is 69.0. The molecule has 29 heteroatoms. The van der Waals surface area contributed by atoms with Gasteiger partial charge in [-0.15, -0.1) is 0 Å². The number of aliphatic hydroxyl groups excluding tert-OH is 2. The van der Waals surface area contributed by atoms with E-state index in [4.69, 9.17) is 22.9 Å². The van der Waals surface area contributed by atoms with E-state index in [-0.39, 0.29) is 51.2 Å². The van der Waals surface area contributed by atoms with Crippen LogP contribution in [0.3, 0.4) is 0 Å². The number of carboxylic acids is 1. The molecular weight excluding hydrogens is 1080 g/mol. The monoisotopic (exact) mass is 1160 g/mol. The second kappa shape index (κ2) is 34.2. The number of amides is 9. The van der Waals surface area contributed by atoms with Gasteiger partial charge < -0.3 is 91.1 Å². The van der Waals surface area contributed by atoms with Crippen molar-refractivity contribution in [2.45, 2.75) is 160 Å². The molecule has 0 spiro atoms. The Hall–Kier alpha value is -8.28. The van der Waals surface area contributed by atoms with E-state index in [1.165, 1.54) is 19.4 Å². The van der Waals surface area contributed by atoms with Crippen molar-refractivity contribution < 1.29 is 63.3 Å². The summed E-state index contributed by atoms with van der Waals surface area (Å²) in [6, 6.07) is 0.107. The maximum atomic E-state index is 14.5. The zero-order chi connectivity index (χ0) is 62.1. The third-order valence-corrected chi connectivity index (χ3v) is 13.5. The van der Waals surface area contributed by atoms with E-state index >= 15 is 0 Å². The number of carboxylic acid groups (broad SMARTS) is 1. The van der Waals surface area contributed by atoms with Crippen molar-refractivity contribution in [3.8, 4) is 0 Å². The van der Waals surface area contributed by atoms with Crippen molar-refractivity contribution >= 4 is 75.9 Å². The van der Waals surface area contributed by atoms with Gasteiger partial charge in [0.25, 0.3) is 0 Å². The summed E-state index contributed by atoms with van der Waals surface area (Å²) < 4.78 is 0. The molecule has 3 aromatic rings. The molecule has 9 amide bonds. The standard InChI is InChI=1S/C54H84N16O13/c1-8-28(4)42(51(80)67-41(27(2)3)53(82)83)68-47(76)37(19-12-20-55)64-40(73)25-61-50(79)43(30(6)71)70-52(81)44(31(7)72)69-49(78)39(23-34-24-59-26-62-34)66-48(77)38(22-33-16-11-15-32-14-9-10-17-35(32)33)65-45(74)29(5)63-46(75)36(56)18-13-21-60-54(57)58/h9-11,14-17,24,26-31,36-39,41-44,71-72H,8,12-13,18-23,25,55-56H2,1-7H3,(H,59,62)(H,61,79)(H,63,75)(H,64,73)(H,65,74)(H,66,77)(H,67,80)(H,68,76)(H,69,78)(H,70,81)(H,82,83)(H4,57,58,60)/t28?,29-,30+,31+,36-,37-,38-,39-,41+,42-,43-,44-/m0/s1. The number of aromatic amines is 1. The number of carbonyl (C=O) groups is 10. The van der Waals surface area contributed by atoms with Crippen LogP contribution in [0.2, 0.25) is 0 Å². The van der Waals surface area contributed by atoms with Crippen molar-refractivity contribution in [3.63, 3.8) is 0 Å². The lowest BCUT2D eigenvalue weighted by Gasteiger charge is -2.29. The molecule has 0 saturated heterocycles. The average molecular weight is 1170 g/mol. The minimum absolute atomic E-state index is 0.00404. The molecular formula is C54H84N16O13. The Morgan fingerprint density at radius 1 is 0.627 bits per heavy atom. The Kier molecular flexibility index (Phi) is 28.5. The highest BCUT2D eigenvalue weighted by molar-refractivity contribution is 5.99. The van der Waals surface area contributed by atoms with E-state index in [1.807, 2.05) is 24.3 Å². The highest BCUT2D eigenvalue weighted by Crippen LogP contribution is 2.21. The van der Waals surface area contributed by atoms with Crippen LogP contribution in [-0.4, -0.2) is 177 Å². The van der Waals surface area contributed by atoms with Gasteiger partial charge in [-0.05, 0) is 81.2 Å². The number of H-pyrrole nitrogens is 1. The molecule has 1 heterocycles. The quantitative estimate of drug-likeness (QED) is 0.0152. The zero-order valence-corrected chi connectivity index (χ0v) is 47.9. The summed E-state index contributed by atoms with van der Waals surface area (Å²) in [5, 5.41) is 55.2. The van der Waals surface area contributed by atoms with E-state index in [2.05, 4.69) is 62.8 Å². The maximum absolute atomic E-state index is 14.5. The number of aliphatic imine (C=N–C) groups is 1. The third-order valence-electron chi connectivity index (χ3n) is 13.5. The molecule has 1 unspecified atom stereocenters. The van der Waals surface area contributed by atoms with Gasteiger partial charge in [0.15, 0.2) is 5.96 Å². The number of fused-ring (bicyclic) bond motifs is 1. The van der Waals surface area contributed by atoms with Crippen LogP contribution in [0.1, 0.15) is 91.8 Å². The van der Waals surface area contributed by atoms with Crippen LogP contribution in [0.5, 0.6) is 0 Å². The summed E-state index contributed by atoms with van der Waals surface area (Å²) in [6.07, 6.45) is 0.162. The number of benzene rings is 2. The van der Waals surface area contributed by atoms with Crippen molar-refractivity contribution in [3.05, 3.63) is 66.2 Å². The molecule has 12 atom stereocenters. The lowest BCUT2D eigenvalue weighted by Crippen LogP contribution is -2.63. The van der Waals surface area contributed by atoms with Gasteiger partial charge in [-0.25, -0.2) is 9.78 Å². The molecule has 3 rings (SSSR count). The Balaban J connectivity index is 1.82. The van der Waals surface area contributed by atoms with Crippen LogP contribution in [-0.2, 0) is 60.8 Å². The fraction of sp³-hybridized carbons (Fsp3) is 0.556. The fourth-order valence-electron chi connectivity index (χ4n) is 8.46. The number of nitrogens with two attached hydrogens (primary N) is 4. The second-order valence-corrected chi connectivity index (χ2v) is 20.7. The van der Waals surface area contributed by atoms with Gasteiger partial charge in [0.1, 0.15) is 48.3 Å². The summed E-state index contributed by atoms with van der Waals surface area (Å²) in [6.45, 7) is 9.87. The van der Waals surface area contributed by atoms with Crippen LogP contribution in [0.25, 0.3) is 10.8 Å². The summed E-state index contributed by atoms with van der Waals surface area (Å²) in [7, 11) is 0. The molecule has 0 radical (unpaired) electrons. The largest absolute Gasteiger partial charge is 0.480 e. The smallest absolute Gasteiger partial charge is 0.326 e. The minimum atomic E-state index is -1.85. The predicted octanol–water partition coefficient (Wildman–Crippen LogP) is -3.97. The SMILES string of the molecule is CCC(C)[C@H](NC(=O)[C@H](CCCN)NC(=O)CNC(=O)[C@@H](NC(=O)[C@@H](NC(=O)[C@H](Cc1cnc[nH]1)NC(=O)[C@H](Cc1cccc2ccccc12)NC(=O)[C@H](C)NC(=O)[C@@H](N)CCCN=C(N)N)[C@@H](C)O)[C@@H](C)O)C(=O)N[C@@H](C(=O)O)C(C)C. The Bertz CT molecular complexity index is 2700. The Morgan fingerprint density at radius 3 is 1.80 bits per heavy atom. The molecule has 1 aromatic heterocycles. The first-order chi connectivity index (χ1) is 39.2. The molecule has 29 nitrogen and oxygen atoms in total. The minimum Gasteiger partial charge on any atom is -0.480 e. The summed E-state index contributed by atoms with van der Waals surface area (Å²) in [4.78, 5) is 146. The van der Waals surface area contributed by atoms with Crippen molar-refractivity contribution in [2.75, 3.05) is 19.6 Å². The van der Waals surface area contributed by atoms with Gasteiger partial charge in [0.05, 0.1) is 31.1 Å². The third kappa shape index (κ3) is 22.5. The number of imidazole rings is 1. The molecule has 83 heavy (non-hydrogen) atoms. The van der Waals surface area contributed by atoms with E-state index < -0.39 is 144 Å². The molecule has 0 aliphatic heterocycles. The van der Waals surface area contributed by atoms with Crippen molar-refractivity contribution in [1.29, 1.82) is 0 Å². The summed E-state index contributed by atoms with van der Waals surface area (Å²) in [5.41, 5.74) is 23.5. The van der Waals surface area contributed by atoms with Gasteiger partial charge >= 0.3 is 5.97 Å². The number of aliphatic hydroxyl groups is 2. The van der Waals surface area contributed by atoms with Crippen LogP contribution < -0.4 is 70.8 Å². The van der Waals surface area contributed by atoms with Crippen LogP contribution in [0, 0.1) is 11.8 Å². The number of hydrogen-bond donors (Lipinski definition) is 17. The summed E-state index contributed by atoms with van der Waals surface area (Å²) >= 11 is 0. The molecule has 0 aliphatic carbocycles. The van der Waals surface area contributed by atoms with E-state index in [9.17, 15) is 63.3 Å². The van der Waals surface area contributed by atoms with Gasteiger partial charge in [-0.3, -0.25) is 48.1 Å². The normalized spacial score (nSPS) is 15.6. The van der Waals surface area contributed by atoms with Crippen molar-refractivity contribution in [2.24, 2.45) is 39.8 Å². The van der Waals surface area contributed by atoms with Gasteiger partial charge in [0, 0.05) is 31.3 Å². The molecule has 21 N–H and O–H groups in total. The van der Waals surface area contributed by atoms with Crippen LogP contribution in [0.15, 0.2) is 60.0 Å². The number of rotatable bonds is 35. The fourth-order valence-corrected chi connectivity index (χ4v) is 8.46. The van der Waals surface area contributed by atoms with Crippen molar-refractivity contribution in [1.82, 2.24) is 57.8 Å². The van der Waals surface area contributed by atoms with E-state index in [0.717, 1.165) is 24.6 Å². The molecule has 2 aromatic carbocycles. The number of guanidine groups is 1. The van der Waals surface area contributed by atoms with Crippen LogP contribution in [0.4, 0.5) is 0 Å². The zero-order valence-electron chi connectivity index (χ0n) is 47.9. The summed E-state index contributed by atoms with van der Waals surface area (Å²) in [5.74, 6) is -10.4. The number of nitrogens with one attached hydrogen (secondary N) is 10. The first-order valence-electron chi connectivity index (χ1n) is 27.4. The maximum Gasteiger partial charge on any atom is 0.326 e. The van der Waals surface area contributed by atoms with Crippen LogP contribution >= 0.6 is 0 Å². The number of aliphatic carboxylic acids is 1. The highest BCUT2D eigenvalue weighted by Gasteiger charge is 2.37.